The summed E-state index contributed by atoms with van der Waals surface area (Å²) in [6.45, 7) is 11.5. The van der Waals surface area contributed by atoms with Crippen LogP contribution in [0, 0.1) is 11.8 Å². The second-order valence-electron chi connectivity index (χ2n) is 8.01. The molecule has 0 aliphatic carbocycles. The molecule has 0 saturated carbocycles. The van der Waals surface area contributed by atoms with Crippen molar-refractivity contribution >= 4 is 11.2 Å². The maximum atomic E-state index is 12.7. The van der Waals surface area contributed by atoms with E-state index >= 15 is 0 Å². The van der Waals surface area contributed by atoms with E-state index in [1.165, 1.54) is 18.0 Å². The first-order chi connectivity index (χ1) is 11.7. The summed E-state index contributed by atoms with van der Waals surface area (Å²) in [4.78, 5) is 32.1. The van der Waals surface area contributed by atoms with Gasteiger partial charge < -0.3 is 4.57 Å². The Bertz CT molecular complexity index is 895. The lowest BCUT2D eigenvalue weighted by atomic mass is 9.92. The zero-order valence-electron chi connectivity index (χ0n) is 16.1. The van der Waals surface area contributed by atoms with Gasteiger partial charge in [-0.25, -0.2) is 9.78 Å². The molecule has 7 nitrogen and oxygen atoms in total. The number of piperidine rings is 1. The highest BCUT2D eigenvalue weighted by molar-refractivity contribution is 5.71. The van der Waals surface area contributed by atoms with Crippen molar-refractivity contribution in [2.75, 3.05) is 13.1 Å². The molecule has 2 unspecified atom stereocenters. The summed E-state index contributed by atoms with van der Waals surface area (Å²) in [5, 5.41) is 0. The standard InChI is InChI=1S/C18H29N5O2/c1-11(2)23-14(10-22-8-12(3)7-13(4)9-22)19-16-15(23)17(24)21(6)18(25)20(16)5/h11-13H,7-10H2,1-6H3. The minimum Gasteiger partial charge on any atom is -0.318 e. The summed E-state index contributed by atoms with van der Waals surface area (Å²) in [6.07, 6.45) is 1.26. The first-order valence-electron chi connectivity index (χ1n) is 9.09. The van der Waals surface area contributed by atoms with Gasteiger partial charge in [0.2, 0.25) is 0 Å². The van der Waals surface area contributed by atoms with E-state index in [9.17, 15) is 9.59 Å². The van der Waals surface area contributed by atoms with Crippen LogP contribution in [0.25, 0.3) is 11.2 Å². The molecule has 0 bridgehead atoms. The van der Waals surface area contributed by atoms with Crippen molar-refractivity contribution in [1.29, 1.82) is 0 Å². The molecule has 0 aromatic carbocycles. The van der Waals surface area contributed by atoms with Gasteiger partial charge in [0, 0.05) is 33.2 Å². The molecule has 2 aromatic heterocycles. The Kier molecular flexibility index (Phi) is 4.62. The van der Waals surface area contributed by atoms with E-state index in [1.54, 1.807) is 7.05 Å². The Morgan fingerprint density at radius 3 is 2.24 bits per heavy atom. The lowest BCUT2D eigenvalue weighted by molar-refractivity contribution is 0.130. The number of nitrogens with zero attached hydrogens (tertiary/aromatic N) is 5. The van der Waals surface area contributed by atoms with Crippen LogP contribution in [0.2, 0.25) is 0 Å². The number of hydrogen-bond donors (Lipinski definition) is 0. The van der Waals surface area contributed by atoms with E-state index in [0.29, 0.717) is 29.5 Å². The summed E-state index contributed by atoms with van der Waals surface area (Å²) < 4.78 is 4.64. The molecule has 1 aliphatic heterocycles. The van der Waals surface area contributed by atoms with Gasteiger partial charge in [0.05, 0.1) is 6.54 Å². The number of aromatic nitrogens is 4. The van der Waals surface area contributed by atoms with Crippen LogP contribution >= 0.6 is 0 Å². The van der Waals surface area contributed by atoms with Crippen LogP contribution in [0.1, 0.15) is 46.0 Å². The van der Waals surface area contributed by atoms with Gasteiger partial charge >= 0.3 is 5.69 Å². The van der Waals surface area contributed by atoms with E-state index in [4.69, 9.17) is 4.98 Å². The number of imidazole rings is 1. The molecule has 1 saturated heterocycles. The number of likely N-dealkylation sites (tertiary alicyclic amines) is 1. The third kappa shape index (κ3) is 3.05. The molecule has 2 aromatic rings. The molecule has 25 heavy (non-hydrogen) atoms. The molecular formula is C18H29N5O2. The lowest BCUT2D eigenvalue weighted by Gasteiger charge is -2.34. The smallest absolute Gasteiger partial charge is 0.318 e. The van der Waals surface area contributed by atoms with Crippen molar-refractivity contribution in [3.05, 3.63) is 26.7 Å². The van der Waals surface area contributed by atoms with E-state index < -0.39 is 0 Å². The SMILES string of the molecule is CC1CC(C)CN(Cc2nc3c(c(=O)n(C)c(=O)n3C)n2C(C)C)C1. The molecular weight excluding hydrogens is 318 g/mol. The Morgan fingerprint density at radius 1 is 1.08 bits per heavy atom. The molecule has 0 N–H and O–H groups in total. The Hall–Kier alpha value is -1.89. The minimum atomic E-state index is -0.335. The van der Waals surface area contributed by atoms with Gasteiger partial charge in [-0.2, -0.15) is 0 Å². The first kappa shape index (κ1) is 17.9. The van der Waals surface area contributed by atoms with Gasteiger partial charge in [0.15, 0.2) is 11.2 Å². The Balaban J connectivity index is 2.14. The van der Waals surface area contributed by atoms with Crippen LogP contribution in [0.15, 0.2) is 9.59 Å². The second-order valence-corrected chi connectivity index (χ2v) is 8.01. The highest BCUT2D eigenvalue weighted by Gasteiger charge is 2.26. The van der Waals surface area contributed by atoms with Crippen molar-refractivity contribution in [2.45, 2.75) is 46.7 Å². The molecule has 0 spiro atoms. The molecule has 138 valence electrons. The van der Waals surface area contributed by atoms with Gasteiger partial charge in [-0.05, 0) is 32.1 Å². The Labute approximate surface area is 147 Å². The zero-order valence-corrected chi connectivity index (χ0v) is 16.1. The van der Waals surface area contributed by atoms with Crippen LogP contribution < -0.4 is 11.2 Å². The predicted octanol–water partition coefficient (Wildman–Crippen LogP) is 1.49. The van der Waals surface area contributed by atoms with E-state index in [0.717, 1.165) is 23.5 Å². The fraction of sp³-hybridized carbons (Fsp3) is 0.722. The van der Waals surface area contributed by atoms with Gasteiger partial charge in [-0.1, -0.05) is 13.8 Å². The van der Waals surface area contributed by atoms with Gasteiger partial charge in [-0.15, -0.1) is 0 Å². The number of hydrogen-bond acceptors (Lipinski definition) is 4. The largest absolute Gasteiger partial charge is 0.332 e. The molecule has 3 heterocycles. The molecule has 1 fully saturated rings. The number of fused-ring (bicyclic) bond motifs is 1. The number of rotatable bonds is 3. The third-order valence-corrected chi connectivity index (χ3v) is 5.19. The first-order valence-corrected chi connectivity index (χ1v) is 9.09. The molecule has 1 aliphatic rings. The monoisotopic (exact) mass is 347 g/mol. The van der Waals surface area contributed by atoms with Gasteiger partial charge in [0.25, 0.3) is 5.56 Å². The Morgan fingerprint density at radius 2 is 1.68 bits per heavy atom. The minimum absolute atomic E-state index is 0.102. The van der Waals surface area contributed by atoms with E-state index in [2.05, 4.69) is 32.6 Å². The van der Waals surface area contributed by atoms with Crippen LogP contribution in [0.5, 0.6) is 0 Å². The average Bonchev–Trinajstić information content (AvgIpc) is 2.89. The van der Waals surface area contributed by atoms with Crippen molar-refractivity contribution in [3.8, 4) is 0 Å². The van der Waals surface area contributed by atoms with Crippen LogP contribution in [0.3, 0.4) is 0 Å². The summed E-state index contributed by atoms with van der Waals surface area (Å²) in [5.74, 6) is 2.19. The van der Waals surface area contributed by atoms with E-state index in [1.807, 2.05) is 4.57 Å². The van der Waals surface area contributed by atoms with Gasteiger partial charge in [-0.3, -0.25) is 18.8 Å². The molecule has 3 rings (SSSR count). The van der Waals surface area contributed by atoms with Crippen molar-refractivity contribution in [3.63, 3.8) is 0 Å². The average molecular weight is 347 g/mol. The van der Waals surface area contributed by atoms with Crippen molar-refractivity contribution in [1.82, 2.24) is 23.6 Å². The highest BCUT2D eigenvalue weighted by atomic mass is 16.2. The molecule has 0 radical (unpaired) electrons. The highest BCUT2D eigenvalue weighted by Crippen LogP contribution is 2.24. The maximum absolute atomic E-state index is 12.7. The molecule has 2 atom stereocenters. The van der Waals surface area contributed by atoms with Crippen molar-refractivity contribution < 1.29 is 0 Å². The van der Waals surface area contributed by atoms with Crippen LogP contribution in [0.4, 0.5) is 0 Å². The normalized spacial score (nSPS) is 22.2. The fourth-order valence-electron chi connectivity index (χ4n) is 4.25. The third-order valence-electron chi connectivity index (χ3n) is 5.19. The predicted molar refractivity (Wildman–Crippen MR) is 98.8 cm³/mol. The van der Waals surface area contributed by atoms with Crippen LogP contribution in [-0.2, 0) is 20.6 Å². The van der Waals surface area contributed by atoms with E-state index in [-0.39, 0.29) is 17.3 Å². The summed E-state index contributed by atoms with van der Waals surface area (Å²) >= 11 is 0. The summed E-state index contributed by atoms with van der Waals surface area (Å²) in [7, 11) is 3.20. The summed E-state index contributed by atoms with van der Waals surface area (Å²) in [6, 6.07) is 0.102. The quantitative estimate of drug-likeness (QED) is 0.844. The van der Waals surface area contributed by atoms with Crippen molar-refractivity contribution in [2.24, 2.45) is 25.9 Å². The molecule has 7 heteroatoms. The maximum Gasteiger partial charge on any atom is 0.332 e. The molecule has 0 amide bonds. The summed E-state index contributed by atoms with van der Waals surface area (Å²) in [5.41, 5.74) is 0.395. The lowest BCUT2D eigenvalue weighted by Crippen LogP contribution is -2.39. The van der Waals surface area contributed by atoms with Gasteiger partial charge in [0.1, 0.15) is 5.82 Å². The topological polar surface area (TPSA) is 65.1 Å². The number of aryl methyl sites for hydroxylation is 1. The fourth-order valence-corrected chi connectivity index (χ4v) is 4.25. The van der Waals surface area contributed by atoms with Crippen LogP contribution in [-0.4, -0.2) is 36.7 Å². The second kappa shape index (κ2) is 6.44. The zero-order chi connectivity index (χ0) is 18.5.